The molecule has 0 fully saturated rings. The topological polar surface area (TPSA) is 57.7 Å². The van der Waals surface area contributed by atoms with E-state index in [0.29, 0.717) is 29.7 Å². The molecule has 0 N–H and O–H groups in total. The van der Waals surface area contributed by atoms with Crippen LogP contribution in [0, 0.1) is 5.82 Å². The number of para-hydroxylation sites is 1. The molecule has 5 rings (SSSR count). The van der Waals surface area contributed by atoms with Crippen LogP contribution in [0.3, 0.4) is 0 Å². The van der Waals surface area contributed by atoms with Crippen molar-refractivity contribution in [3.05, 3.63) is 94.2 Å². The van der Waals surface area contributed by atoms with E-state index in [1.165, 1.54) is 12.1 Å². The molecule has 1 aliphatic rings. The molecule has 1 aliphatic heterocycles. The van der Waals surface area contributed by atoms with E-state index in [1.807, 2.05) is 54.6 Å². The number of aryl methyl sites for hydroxylation is 1. The zero-order valence-corrected chi connectivity index (χ0v) is 18.6. The van der Waals surface area contributed by atoms with Gasteiger partial charge in [0.25, 0.3) is 0 Å². The first-order chi connectivity index (χ1) is 16.2. The number of benzene rings is 3. The molecule has 0 bridgehead atoms. The Morgan fingerprint density at radius 1 is 1.12 bits per heavy atom. The zero-order chi connectivity index (χ0) is 22.6. The van der Waals surface area contributed by atoms with E-state index in [9.17, 15) is 9.18 Å². The minimum Gasteiger partial charge on any atom is -0.461 e. The van der Waals surface area contributed by atoms with Gasteiger partial charge in [0.05, 0.1) is 21.8 Å². The summed E-state index contributed by atoms with van der Waals surface area (Å²) in [6, 6.07) is 20.3. The van der Waals surface area contributed by atoms with Crippen LogP contribution in [0.5, 0.6) is 5.75 Å². The van der Waals surface area contributed by atoms with Crippen LogP contribution in [-0.4, -0.2) is 11.0 Å². The summed E-state index contributed by atoms with van der Waals surface area (Å²) in [4.78, 5) is 16.9. The average Bonchev–Trinajstić information content (AvgIpc) is 3.25. The lowest BCUT2D eigenvalue weighted by Crippen LogP contribution is -2.20. The van der Waals surface area contributed by atoms with E-state index in [0.717, 1.165) is 20.8 Å². The van der Waals surface area contributed by atoms with Crippen molar-refractivity contribution in [3.63, 3.8) is 0 Å². The Kier molecular flexibility index (Phi) is 6.32. The molecule has 0 radical (unpaired) electrons. The third kappa shape index (κ3) is 5.05. The summed E-state index contributed by atoms with van der Waals surface area (Å²) >= 11 is 1.64. The average molecular weight is 464 g/mol. The summed E-state index contributed by atoms with van der Waals surface area (Å²) in [6.45, 7) is 0.164. The maximum absolute atomic E-state index is 14.1. The zero-order valence-electron chi connectivity index (χ0n) is 17.8. The fourth-order valence-electron chi connectivity index (χ4n) is 3.80. The Balaban J connectivity index is 1.19. The lowest BCUT2D eigenvalue weighted by atomic mass is 10.1. The van der Waals surface area contributed by atoms with E-state index in [-0.39, 0.29) is 25.6 Å². The highest BCUT2D eigenvalue weighted by molar-refractivity contribution is 7.18. The molecule has 168 valence electrons. The summed E-state index contributed by atoms with van der Waals surface area (Å²) < 4.78 is 32.5. The summed E-state index contributed by atoms with van der Waals surface area (Å²) in [5, 5.41) is 1.00. The second kappa shape index (κ2) is 9.68. The monoisotopic (exact) mass is 463 g/mol. The molecule has 2 heterocycles. The first kappa shape index (κ1) is 21.6. The highest BCUT2D eigenvalue weighted by atomic mass is 32.1. The van der Waals surface area contributed by atoms with Gasteiger partial charge in [-0.25, -0.2) is 9.37 Å². The molecule has 5 nitrogen and oxygen atoms in total. The minimum absolute atomic E-state index is 0.0540. The van der Waals surface area contributed by atoms with Gasteiger partial charge in [-0.3, -0.25) is 4.79 Å². The Labute approximate surface area is 194 Å². The molecule has 0 aliphatic carbocycles. The molecule has 1 unspecified atom stereocenters. The first-order valence-corrected chi connectivity index (χ1v) is 11.6. The number of ether oxygens (including phenoxy) is 3. The molecule has 1 aromatic heterocycles. The molecule has 0 saturated heterocycles. The maximum atomic E-state index is 14.1. The van der Waals surface area contributed by atoms with Crippen molar-refractivity contribution in [2.24, 2.45) is 0 Å². The van der Waals surface area contributed by atoms with E-state index in [2.05, 4.69) is 4.98 Å². The predicted octanol–water partition coefficient (Wildman–Crippen LogP) is 6.11. The Bertz CT molecular complexity index is 1240. The van der Waals surface area contributed by atoms with E-state index >= 15 is 0 Å². The van der Waals surface area contributed by atoms with Crippen LogP contribution >= 0.6 is 11.3 Å². The smallest absolute Gasteiger partial charge is 0.306 e. The molecule has 1 atom stereocenters. The molecule has 7 heteroatoms. The quantitative estimate of drug-likeness (QED) is 0.310. The van der Waals surface area contributed by atoms with Gasteiger partial charge in [-0.1, -0.05) is 42.5 Å². The van der Waals surface area contributed by atoms with Crippen LogP contribution in [0.2, 0.25) is 0 Å². The van der Waals surface area contributed by atoms with Crippen LogP contribution < -0.4 is 4.74 Å². The fraction of sp³-hybridized carbons (Fsp3) is 0.231. The van der Waals surface area contributed by atoms with Crippen LogP contribution in [0.15, 0.2) is 66.7 Å². The molecular formula is C26H22FNO4S. The van der Waals surface area contributed by atoms with Crippen LogP contribution in [-0.2, 0) is 33.9 Å². The minimum atomic E-state index is -0.590. The van der Waals surface area contributed by atoms with Crippen molar-refractivity contribution < 1.29 is 23.4 Å². The molecule has 33 heavy (non-hydrogen) atoms. The number of carbonyl (C=O) groups excluding carboxylic acids is 1. The van der Waals surface area contributed by atoms with Gasteiger partial charge < -0.3 is 14.2 Å². The summed E-state index contributed by atoms with van der Waals surface area (Å²) in [5.41, 5.74) is 2.94. The van der Waals surface area contributed by atoms with Crippen molar-refractivity contribution >= 4 is 27.5 Å². The molecule has 4 aromatic rings. The first-order valence-electron chi connectivity index (χ1n) is 10.8. The van der Waals surface area contributed by atoms with Crippen molar-refractivity contribution in [1.82, 2.24) is 4.98 Å². The standard InChI is InChI=1S/C26H22FNO4S/c27-20-13-18(25-19(14-20)16-31-26(32-25)17-7-2-1-3-8-17)15-30-24(29)12-6-11-23-28-21-9-4-5-10-22(21)33-23/h1-5,7-10,13-14,26H,6,11-12,15-16H2. The Morgan fingerprint density at radius 2 is 1.94 bits per heavy atom. The Morgan fingerprint density at radius 3 is 2.79 bits per heavy atom. The predicted molar refractivity (Wildman–Crippen MR) is 123 cm³/mol. The number of aromatic nitrogens is 1. The maximum Gasteiger partial charge on any atom is 0.306 e. The number of hydrogen-bond donors (Lipinski definition) is 0. The van der Waals surface area contributed by atoms with Crippen LogP contribution in [0.25, 0.3) is 10.2 Å². The van der Waals surface area contributed by atoms with Gasteiger partial charge in [-0.15, -0.1) is 11.3 Å². The van der Waals surface area contributed by atoms with Gasteiger partial charge in [0.1, 0.15) is 18.2 Å². The number of nitrogens with zero attached hydrogens (tertiary/aromatic N) is 1. The van der Waals surface area contributed by atoms with Crippen molar-refractivity contribution in [2.75, 3.05) is 0 Å². The van der Waals surface area contributed by atoms with E-state index in [4.69, 9.17) is 14.2 Å². The van der Waals surface area contributed by atoms with Crippen LogP contribution in [0.1, 0.15) is 40.8 Å². The van der Waals surface area contributed by atoms with Crippen LogP contribution in [0.4, 0.5) is 4.39 Å². The molecule has 0 saturated carbocycles. The van der Waals surface area contributed by atoms with Gasteiger partial charge >= 0.3 is 5.97 Å². The third-order valence-electron chi connectivity index (χ3n) is 5.39. The van der Waals surface area contributed by atoms with Gasteiger partial charge in [-0.2, -0.15) is 0 Å². The normalized spacial score (nSPS) is 15.1. The summed E-state index contributed by atoms with van der Waals surface area (Å²) in [7, 11) is 0. The number of esters is 1. The molecule has 3 aromatic carbocycles. The van der Waals surface area contributed by atoms with E-state index in [1.54, 1.807) is 11.3 Å². The van der Waals surface area contributed by atoms with Gasteiger partial charge in [-0.05, 0) is 37.1 Å². The highest BCUT2D eigenvalue weighted by Crippen LogP contribution is 2.37. The number of hydrogen-bond acceptors (Lipinski definition) is 6. The van der Waals surface area contributed by atoms with Gasteiger partial charge in [0, 0.05) is 23.1 Å². The number of thiazole rings is 1. The van der Waals surface area contributed by atoms with Crippen molar-refractivity contribution in [1.29, 1.82) is 0 Å². The van der Waals surface area contributed by atoms with Gasteiger partial charge in [0.15, 0.2) is 0 Å². The Hall–Kier alpha value is -3.29. The lowest BCUT2D eigenvalue weighted by molar-refractivity contribution is -0.145. The highest BCUT2D eigenvalue weighted by Gasteiger charge is 2.25. The second-order valence-electron chi connectivity index (χ2n) is 7.81. The van der Waals surface area contributed by atoms with E-state index < -0.39 is 12.1 Å². The second-order valence-corrected chi connectivity index (χ2v) is 8.93. The summed E-state index contributed by atoms with van der Waals surface area (Å²) in [5.74, 6) is -0.236. The molecule has 0 spiro atoms. The number of carbonyl (C=O) groups is 1. The SMILES string of the molecule is O=C(CCCc1nc2ccccc2s1)OCc1cc(F)cc2c1OC(c1ccccc1)OC2. The number of fused-ring (bicyclic) bond motifs is 2. The van der Waals surface area contributed by atoms with Gasteiger partial charge in [0.2, 0.25) is 6.29 Å². The number of rotatable bonds is 7. The molecule has 0 amide bonds. The fourth-order valence-corrected chi connectivity index (χ4v) is 4.81. The number of halogens is 1. The lowest BCUT2D eigenvalue weighted by Gasteiger charge is -2.28. The van der Waals surface area contributed by atoms with Crippen molar-refractivity contribution in [3.8, 4) is 5.75 Å². The van der Waals surface area contributed by atoms with Crippen molar-refractivity contribution in [2.45, 2.75) is 38.8 Å². The summed E-state index contributed by atoms with van der Waals surface area (Å²) in [6.07, 6.45) is 1.03. The molecular weight excluding hydrogens is 441 g/mol. The largest absolute Gasteiger partial charge is 0.461 e. The third-order valence-corrected chi connectivity index (χ3v) is 6.49.